The fourth-order valence-electron chi connectivity index (χ4n) is 6.27. The zero-order chi connectivity index (χ0) is 38.3. The number of carbonyl (C=O) groups is 2. The minimum atomic E-state index is -0.998. The Balaban J connectivity index is 1.84. The second kappa shape index (κ2) is 37.9. The lowest BCUT2D eigenvalue weighted by Crippen LogP contribution is -2.25. The SMILES string of the molecule is CC/C=C\CC1OC1C/C=C\C/C=C\C/C=C\C/C=C\CCC(=O)OC[C@@H](O)COC(=O)CCCCCCCCCCCCCCCCCCCCC. The molecule has 1 N–H and O–H groups in total. The molecule has 304 valence electrons. The van der Waals surface area contributed by atoms with Crippen molar-refractivity contribution in [3.8, 4) is 0 Å². The van der Waals surface area contributed by atoms with E-state index in [1.54, 1.807) is 0 Å². The Morgan fingerprint density at radius 3 is 1.34 bits per heavy atom. The summed E-state index contributed by atoms with van der Waals surface area (Å²) in [6.07, 6.45) is 53.4. The van der Waals surface area contributed by atoms with Crippen molar-refractivity contribution in [3.05, 3.63) is 60.8 Å². The zero-order valence-corrected chi connectivity index (χ0v) is 34.2. The van der Waals surface area contributed by atoms with Crippen LogP contribution in [0.25, 0.3) is 0 Å². The molecule has 1 rings (SSSR count). The van der Waals surface area contributed by atoms with Crippen LogP contribution < -0.4 is 0 Å². The van der Waals surface area contributed by atoms with Crippen molar-refractivity contribution in [1.82, 2.24) is 0 Å². The van der Waals surface area contributed by atoms with Crippen LogP contribution in [0.4, 0.5) is 0 Å². The number of ether oxygens (including phenoxy) is 3. The van der Waals surface area contributed by atoms with Crippen molar-refractivity contribution >= 4 is 11.9 Å². The van der Waals surface area contributed by atoms with E-state index in [1.807, 2.05) is 12.2 Å². The lowest BCUT2D eigenvalue weighted by molar-refractivity contribution is -0.152. The van der Waals surface area contributed by atoms with Gasteiger partial charge < -0.3 is 19.3 Å². The second-order valence-electron chi connectivity index (χ2n) is 14.8. The summed E-state index contributed by atoms with van der Waals surface area (Å²) < 4.78 is 16.0. The summed E-state index contributed by atoms with van der Waals surface area (Å²) in [5, 5.41) is 10.0. The molecule has 0 aliphatic carbocycles. The van der Waals surface area contributed by atoms with Crippen molar-refractivity contribution in [2.24, 2.45) is 0 Å². The van der Waals surface area contributed by atoms with Gasteiger partial charge in [-0.1, -0.05) is 190 Å². The summed E-state index contributed by atoms with van der Waals surface area (Å²) in [4.78, 5) is 24.0. The Hall–Kier alpha value is -2.44. The van der Waals surface area contributed by atoms with Gasteiger partial charge in [0.15, 0.2) is 0 Å². The number of rotatable bonds is 38. The average Bonchev–Trinajstić information content (AvgIpc) is 3.91. The summed E-state index contributed by atoms with van der Waals surface area (Å²) in [7, 11) is 0. The highest BCUT2D eigenvalue weighted by Crippen LogP contribution is 2.29. The molecule has 0 saturated carbocycles. The van der Waals surface area contributed by atoms with E-state index in [-0.39, 0.29) is 31.6 Å². The Morgan fingerprint density at radius 1 is 0.509 bits per heavy atom. The number of carbonyl (C=O) groups excluding carboxylic acids is 2. The first-order valence-corrected chi connectivity index (χ1v) is 22.0. The number of aliphatic hydroxyl groups is 1. The van der Waals surface area contributed by atoms with E-state index in [4.69, 9.17) is 14.2 Å². The van der Waals surface area contributed by atoms with Gasteiger partial charge in [0, 0.05) is 12.8 Å². The van der Waals surface area contributed by atoms with Crippen LogP contribution in [0.3, 0.4) is 0 Å². The Labute approximate surface area is 326 Å². The van der Waals surface area contributed by atoms with E-state index >= 15 is 0 Å². The highest BCUT2D eigenvalue weighted by Gasteiger charge is 2.35. The molecule has 6 nitrogen and oxygen atoms in total. The van der Waals surface area contributed by atoms with Crippen LogP contribution in [0.1, 0.15) is 194 Å². The lowest BCUT2D eigenvalue weighted by atomic mass is 10.0. The first-order valence-electron chi connectivity index (χ1n) is 22.0. The highest BCUT2D eigenvalue weighted by molar-refractivity contribution is 5.70. The van der Waals surface area contributed by atoms with Crippen molar-refractivity contribution in [3.63, 3.8) is 0 Å². The Morgan fingerprint density at radius 2 is 0.887 bits per heavy atom. The standard InChI is InChI=1S/C47H80O6/c1-3-5-7-8-9-10-11-12-13-14-15-16-17-18-22-25-28-31-35-39-46(49)51-41-43(48)42-52-47(50)40-36-32-29-26-23-20-19-21-24-27-30-34-38-45-44(53-45)37-33-6-4-2/h6,20-21,23-24,29-30,32-34,43-45,48H,3-5,7-19,22,25-28,31,35-42H2,1-2H3/b23-20-,24-21-,32-29-,33-6-,34-30-/t43-,44?,45?/m0/s1. The highest BCUT2D eigenvalue weighted by atomic mass is 16.6. The minimum absolute atomic E-state index is 0.142. The minimum Gasteiger partial charge on any atom is -0.463 e. The van der Waals surface area contributed by atoms with E-state index in [9.17, 15) is 14.7 Å². The molecule has 3 atom stereocenters. The third-order valence-corrected chi connectivity index (χ3v) is 9.68. The lowest BCUT2D eigenvalue weighted by Gasteiger charge is -2.12. The van der Waals surface area contributed by atoms with Gasteiger partial charge in [-0.15, -0.1) is 0 Å². The fourth-order valence-corrected chi connectivity index (χ4v) is 6.27. The van der Waals surface area contributed by atoms with E-state index in [2.05, 4.69) is 62.5 Å². The molecule has 1 fully saturated rings. The maximum absolute atomic E-state index is 12.0. The van der Waals surface area contributed by atoms with Gasteiger partial charge in [-0.05, 0) is 51.4 Å². The molecule has 0 bridgehead atoms. The van der Waals surface area contributed by atoms with Crippen LogP contribution in [-0.2, 0) is 23.8 Å². The summed E-state index contributed by atoms with van der Waals surface area (Å²) >= 11 is 0. The Bertz CT molecular complexity index is 995. The maximum Gasteiger partial charge on any atom is 0.306 e. The van der Waals surface area contributed by atoms with Crippen molar-refractivity contribution < 1.29 is 28.9 Å². The van der Waals surface area contributed by atoms with Gasteiger partial charge in [0.1, 0.15) is 19.3 Å². The molecule has 1 heterocycles. The first-order chi connectivity index (χ1) is 26.1. The van der Waals surface area contributed by atoms with Gasteiger partial charge in [0.25, 0.3) is 0 Å². The van der Waals surface area contributed by atoms with Crippen LogP contribution in [0, 0.1) is 0 Å². The Kier molecular flexibility index (Phi) is 34.7. The van der Waals surface area contributed by atoms with Gasteiger partial charge >= 0.3 is 11.9 Å². The normalized spacial score (nSPS) is 16.6. The molecule has 6 heteroatoms. The van der Waals surface area contributed by atoms with Gasteiger partial charge in [0.2, 0.25) is 0 Å². The van der Waals surface area contributed by atoms with Gasteiger partial charge in [-0.2, -0.15) is 0 Å². The number of aliphatic hydroxyl groups excluding tert-OH is 1. The van der Waals surface area contributed by atoms with Gasteiger partial charge in [-0.25, -0.2) is 0 Å². The molecule has 0 aromatic heterocycles. The van der Waals surface area contributed by atoms with Crippen LogP contribution in [-0.4, -0.2) is 48.6 Å². The third-order valence-electron chi connectivity index (χ3n) is 9.68. The van der Waals surface area contributed by atoms with Crippen molar-refractivity contribution in [1.29, 1.82) is 0 Å². The third kappa shape index (κ3) is 35.0. The smallest absolute Gasteiger partial charge is 0.306 e. The maximum atomic E-state index is 12.0. The van der Waals surface area contributed by atoms with E-state index < -0.39 is 6.10 Å². The molecular formula is C47H80O6. The van der Waals surface area contributed by atoms with Crippen molar-refractivity contribution in [2.75, 3.05) is 13.2 Å². The molecule has 2 unspecified atom stereocenters. The zero-order valence-electron chi connectivity index (χ0n) is 34.2. The number of hydrogen-bond donors (Lipinski definition) is 1. The molecule has 0 radical (unpaired) electrons. The van der Waals surface area contributed by atoms with Crippen LogP contribution in [0.5, 0.6) is 0 Å². The monoisotopic (exact) mass is 741 g/mol. The largest absolute Gasteiger partial charge is 0.463 e. The summed E-state index contributed by atoms with van der Waals surface area (Å²) in [6.45, 7) is 4.13. The number of esters is 2. The molecule has 0 spiro atoms. The summed E-state index contributed by atoms with van der Waals surface area (Å²) in [5.74, 6) is -0.661. The molecule has 1 saturated heterocycles. The quantitative estimate of drug-likeness (QED) is 0.0294. The predicted octanol–water partition coefficient (Wildman–Crippen LogP) is 12.9. The summed E-state index contributed by atoms with van der Waals surface area (Å²) in [5.41, 5.74) is 0. The molecular weight excluding hydrogens is 661 g/mol. The van der Waals surface area contributed by atoms with E-state index in [1.165, 1.54) is 103 Å². The predicted molar refractivity (Wildman–Crippen MR) is 223 cm³/mol. The average molecular weight is 741 g/mol. The number of epoxide rings is 1. The fraction of sp³-hybridized carbons (Fsp3) is 0.745. The van der Waals surface area contributed by atoms with E-state index in [0.717, 1.165) is 57.8 Å². The number of unbranched alkanes of at least 4 members (excludes halogenated alkanes) is 18. The molecule has 0 aromatic rings. The van der Waals surface area contributed by atoms with Crippen LogP contribution in [0.2, 0.25) is 0 Å². The van der Waals surface area contributed by atoms with E-state index in [0.29, 0.717) is 25.0 Å². The topological polar surface area (TPSA) is 85.4 Å². The second-order valence-corrected chi connectivity index (χ2v) is 14.8. The summed E-state index contributed by atoms with van der Waals surface area (Å²) in [6, 6.07) is 0. The molecule has 0 amide bonds. The molecule has 0 aromatic carbocycles. The van der Waals surface area contributed by atoms with Crippen molar-refractivity contribution in [2.45, 2.75) is 212 Å². The molecule has 1 aliphatic heterocycles. The van der Waals surface area contributed by atoms with Gasteiger partial charge in [0.05, 0.1) is 12.2 Å². The number of allylic oxidation sites excluding steroid dienone is 8. The number of hydrogen-bond acceptors (Lipinski definition) is 6. The molecule has 1 aliphatic rings. The van der Waals surface area contributed by atoms with Crippen LogP contribution in [0.15, 0.2) is 60.8 Å². The molecule has 53 heavy (non-hydrogen) atoms. The van der Waals surface area contributed by atoms with Crippen LogP contribution >= 0.6 is 0 Å². The first kappa shape index (κ1) is 48.6. The van der Waals surface area contributed by atoms with Gasteiger partial charge in [-0.3, -0.25) is 9.59 Å².